The summed E-state index contributed by atoms with van der Waals surface area (Å²) in [6, 6.07) is 138. The minimum atomic E-state index is -2.90. The Kier molecular flexibility index (Phi) is 15.4. The molecule has 12 aliphatic rings. The molecule has 0 saturated heterocycles. The van der Waals surface area contributed by atoms with Crippen molar-refractivity contribution in [1.29, 1.82) is 0 Å². The molecule has 6 unspecified atom stereocenters. The van der Waals surface area contributed by atoms with Crippen LogP contribution in [0.1, 0.15) is 0 Å². The van der Waals surface area contributed by atoms with Crippen LogP contribution in [-0.2, 0) is 0 Å². The molecular formula is C118H76O12Si6. The molecular weight excluding hydrogens is 1780 g/mol. The second-order valence-electron chi connectivity index (χ2n) is 37.8. The van der Waals surface area contributed by atoms with E-state index in [1.165, 1.54) is 98.7 Å². The van der Waals surface area contributed by atoms with Crippen molar-refractivity contribution in [2.45, 2.75) is 26.2 Å². The zero-order chi connectivity index (χ0) is 89.6. The van der Waals surface area contributed by atoms with E-state index in [2.05, 4.69) is 378 Å². The summed E-state index contributed by atoms with van der Waals surface area (Å²) < 4.78 is 79.8. The van der Waals surface area contributed by atoms with Crippen LogP contribution >= 0.6 is 0 Å². The number of ether oxygens (including phenoxy) is 12. The number of fused-ring (bicyclic) bond motifs is 29. The summed E-state index contributed by atoms with van der Waals surface area (Å²) in [4.78, 5) is 0. The predicted octanol–water partition coefficient (Wildman–Crippen LogP) is 16.9. The molecule has 12 aliphatic heterocycles. The minimum absolute atomic E-state index is 0.864. The summed E-state index contributed by atoms with van der Waals surface area (Å²) in [6.07, 6.45) is 0. The topological polar surface area (TPSA) is 111 Å². The maximum atomic E-state index is 6.96. The average molecular weight is 1850 g/mol. The Bertz CT molecular complexity index is 8340. The first-order chi connectivity index (χ1) is 66.8. The van der Waals surface area contributed by atoms with Crippen LogP contribution < -0.4 is 161 Å². The first-order valence-corrected chi connectivity index (χ1v) is 60.3. The Balaban J connectivity index is 0.0000000977. The summed E-state index contributed by atoms with van der Waals surface area (Å²) in [5.74, 6) is 21.8. The fourth-order valence-corrected chi connectivity index (χ4v) is 52.4. The van der Waals surface area contributed by atoms with Gasteiger partial charge in [-0.1, -0.05) is 281 Å². The van der Waals surface area contributed by atoms with Gasteiger partial charge in [0.1, 0.15) is 138 Å². The molecule has 0 radical (unpaired) electrons. The van der Waals surface area contributed by atoms with Crippen molar-refractivity contribution in [3.8, 4) is 138 Å². The van der Waals surface area contributed by atoms with Crippen molar-refractivity contribution in [1.82, 2.24) is 0 Å². The van der Waals surface area contributed by atoms with Crippen molar-refractivity contribution in [3.05, 3.63) is 388 Å². The van der Waals surface area contributed by atoms with Crippen molar-refractivity contribution in [2.24, 2.45) is 0 Å². The molecule has 0 fully saturated rings. The summed E-state index contributed by atoms with van der Waals surface area (Å²) >= 11 is 0. The maximum absolute atomic E-state index is 6.96. The number of para-hydroxylation sites is 6. The second kappa shape index (κ2) is 27.4. The minimum Gasteiger partial charge on any atom is -0.457 e. The van der Waals surface area contributed by atoms with Crippen LogP contribution in [-0.4, -0.2) is 48.4 Å². The zero-order valence-electron chi connectivity index (χ0n) is 73.8. The van der Waals surface area contributed by atoms with Crippen LogP contribution in [0.3, 0.4) is 0 Å². The molecule has 32 rings (SSSR count). The van der Waals surface area contributed by atoms with E-state index >= 15 is 0 Å². The van der Waals surface area contributed by atoms with Gasteiger partial charge < -0.3 is 56.8 Å². The SMILES string of the molecule is C[Si]12c3ccccc3Oc3cccc(c31)Oc1c2ccc2c3c(ccc12)[Si]1(C)c2ccccc2Oc2cccc(c21)O3.C[Si]12c3ccccc3Oc3cccc(c31)Oc1cc3cc4c(cc3cc12)[Si]1(C)c2ccccc2Oc2cccc(c21)O4.c1ccc([Si]23c4ccccc4Oc4cccc(c42)Oc2cc4cc5c(cc4cc23)Oc2cccc3c2[Si]5(c2ccccc2)c2ccccc2O3)cc1. The van der Waals surface area contributed by atoms with Crippen LogP contribution in [0, 0.1) is 0 Å². The first kappa shape index (κ1) is 76.6. The lowest BCUT2D eigenvalue weighted by molar-refractivity contribution is 0.463. The predicted molar refractivity (Wildman–Crippen MR) is 554 cm³/mol. The molecule has 0 N–H and O–H groups in total. The van der Waals surface area contributed by atoms with Crippen molar-refractivity contribution in [2.75, 3.05) is 0 Å². The molecule has 0 saturated carbocycles. The highest BCUT2D eigenvalue weighted by Crippen LogP contribution is 2.51. The number of hydrogen-bond acceptors (Lipinski definition) is 12. The standard InChI is InChI=1S/C46H28O4Si2.2C36H24O4Si2/c1-3-13-31(14-4-1)51-41-23-9-7-17-33(41)47-35-19-11-21-37(45(35)51)49-39-25-30-28-44-40(26-29(30)27-43(39)51)50-38-22-12-20-36-46(38)52(44,32-15-5-2-6-16-32)42-24-10-8-18-34(42)48-36;1-41-31-15-5-3-9-23(31)37-25-11-7-13-27(35(25)41)39-29-17-21-18-30-34(20-22(21)19-33(29)41)42(2)32-16-6-4-10-24(32)38-26-12-8-14-28(40-30)36(26)42;1-41-29-15-5-3-9-23(29)37-25-11-7-13-27(35(25)41)39-33-21-18-20-32-34(22(21)17-19-31(33)41)40-28-14-8-12-26-36(28)42(32,2)30-16-6-4-10-24(30)38-26/h1-28H;2*3-20H,1-2H3. The van der Waals surface area contributed by atoms with Crippen molar-refractivity contribution in [3.63, 3.8) is 0 Å². The average Bonchev–Trinajstić information content (AvgIpc) is 0.681. The normalized spacial score (nSPS) is 20.4. The molecule has 0 bridgehead atoms. The molecule has 644 valence electrons. The van der Waals surface area contributed by atoms with Crippen LogP contribution in [0.2, 0.25) is 26.2 Å². The molecule has 0 aliphatic carbocycles. The van der Waals surface area contributed by atoms with Crippen LogP contribution in [0.15, 0.2) is 388 Å². The van der Waals surface area contributed by atoms with E-state index in [4.69, 9.17) is 56.8 Å². The molecule has 0 amide bonds. The fraction of sp³-hybridized carbons (Fsp3) is 0.0339. The van der Waals surface area contributed by atoms with Gasteiger partial charge in [0.25, 0.3) is 0 Å². The number of rotatable bonds is 2. The van der Waals surface area contributed by atoms with Gasteiger partial charge in [0.05, 0.1) is 0 Å². The smallest absolute Gasteiger partial charge is 0.197 e. The lowest BCUT2D eigenvalue weighted by Gasteiger charge is -2.44. The van der Waals surface area contributed by atoms with Gasteiger partial charge in [-0.3, -0.25) is 0 Å². The molecule has 12 nitrogen and oxygen atoms in total. The van der Waals surface area contributed by atoms with Gasteiger partial charge in [0.15, 0.2) is 48.4 Å². The highest BCUT2D eigenvalue weighted by molar-refractivity contribution is 7.23. The summed E-state index contributed by atoms with van der Waals surface area (Å²) in [6.45, 7) is 9.75. The van der Waals surface area contributed by atoms with E-state index < -0.39 is 48.4 Å². The Morgan fingerprint density at radius 1 is 0.140 bits per heavy atom. The third-order valence-electron chi connectivity index (χ3n) is 31.1. The second-order valence-corrected chi connectivity index (χ2v) is 60.4. The van der Waals surface area contributed by atoms with Crippen LogP contribution in [0.5, 0.6) is 138 Å². The van der Waals surface area contributed by atoms with Crippen molar-refractivity contribution >= 4 is 184 Å². The maximum Gasteiger partial charge on any atom is 0.197 e. The lowest BCUT2D eigenvalue weighted by Crippen LogP contribution is -2.77. The summed E-state index contributed by atoms with van der Waals surface area (Å²) in [5.41, 5.74) is 0. The van der Waals surface area contributed by atoms with E-state index in [-0.39, 0.29) is 0 Å². The molecule has 20 aromatic carbocycles. The van der Waals surface area contributed by atoms with Crippen LogP contribution in [0.25, 0.3) is 32.3 Å². The van der Waals surface area contributed by atoms with E-state index in [1.807, 2.05) is 36.4 Å². The van der Waals surface area contributed by atoms with Gasteiger partial charge >= 0.3 is 0 Å². The molecule has 0 aromatic heterocycles. The van der Waals surface area contributed by atoms with Gasteiger partial charge in [0.2, 0.25) is 0 Å². The Hall–Kier alpha value is -15.9. The third kappa shape index (κ3) is 9.91. The summed E-state index contributed by atoms with van der Waals surface area (Å²) in [7, 11) is -15.5. The molecule has 20 aromatic rings. The number of hydrogen-bond donors (Lipinski definition) is 0. The Morgan fingerprint density at radius 3 is 0.647 bits per heavy atom. The highest BCUT2D eigenvalue weighted by Gasteiger charge is 2.59. The number of benzene rings is 20. The van der Waals surface area contributed by atoms with E-state index in [9.17, 15) is 0 Å². The molecule has 12 heterocycles. The van der Waals surface area contributed by atoms with E-state index in [0.717, 1.165) is 175 Å². The quantitative estimate of drug-likeness (QED) is 0.154. The van der Waals surface area contributed by atoms with Crippen LogP contribution in [0.4, 0.5) is 0 Å². The highest BCUT2D eigenvalue weighted by atomic mass is 28.3. The molecule has 18 heteroatoms. The van der Waals surface area contributed by atoms with Gasteiger partial charge in [-0.2, -0.15) is 0 Å². The molecule has 136 heavy (non-hydrogen) atoms. The summed E-state index contributed by atoms with van der Waals surface area (Å²) in [5, 5.41) is 31.6. The molecule has 0 spiro atoms. The Labute approximate surface area is 787 Å². The van der Waals surface area contributed by atoms with Gasteiger partial charge in [-0.25, -0.2) is 0 Å². The van der Waals surface area contributed by atoms with E-state index in [1.54, 1.807) is 0 Å². The third-order valence-corrected chi connectivity index (χ3v) is 58.7. The lowest BCUT2D eigenvalue weighted by atomic mass is 10.1. The zero-order valence-corrected chi connectivity index (χ0v) is 79.8. The Morgan fingerprint density at radius 2 is 0.346 bits per heavy atom. The fourth-order valence-electron chi connectivity index (χ4n) is 25.3. The molecule has 6 atom stereocenters. The first-order valence-electron chi connectivity index (χ1n) is 46.3. The van der Waals surface area contributed by atoms with Gasteiger partial charge in [0, 0.05) is 41.9 Å². The van der Waals surface area contributed by atoms with Gasteiger partial charge in [-0.15, -0.1) is 0 Å². The van der Waals surface area contributed by atoms with Crippen molar-refractivity contribution < 1.29 is 56.8 Å². The van der Waals surface area contributed by atoms with E-state index in [0.29, 0.717) is 0 Å². The largest absolute Gasteiger partial charge is 0.457 e. The van der Waals surface area contributed by atoms with Gasteiger partial charge in [-0.05, 0) is 228 Å². The monoisotopic (exact) mass is 1850 g/mol.